The third kappa shape index (κ3) is 6.02. The van der Waals surface area contributed by atoms with Crippen molar-refractivity contribution in [1.29, 1.82) is 0 Å². The van der Waals surface area contributed by atoms with Gasteiger partial charge in [-0.25, -0.2) is 0 Å². The fourth-order valence-electron chi connectivity index (χ4n) is 1.99. The topological polar surface area (TPSA) is 51.2 Å². The molecule has 2 rings (SSSR count). The molecule has 0 saturated heterocycles. The van der Waals surface area contributed by atoms with Gasteiger partial charge in [-0.15, -0.1) is 0 Å². The molecule has 0 atom stereocenters. The Labute approximate surface area is 152 Å². The van der Waals surface area contributed by atoms with Gasteiger partial charge >= 0.3 is 0 Å². The van der Waals surface area contributed by atoms with Crippen molar-refractivity contribution in [2.45, 2.75) is 20.3 Å². The number of amides is 1. The van der Waals surface area contributed by atoms with Gasteiger partial charge in [0.05, 0.1) is 6.61 Å². The number of halogens is 2. The van der Waals surface area contributed by atoms with Crippen LogP contribution in [0.5, 0.6) is 5.75 Å². The Bertz CT molecular complexity index is 668. The number of nitrogens with one attached hydrogen (secondary N) is 1. The number of carbonyl (C=O) groups excluding carboxylic acids is 1. The summed E-state index contributed by atoms with van der Waals surface area (Å²) in [6.45, 7) is 5.20. The second-order valence-electron chi connectivity index (χ2n) is 5.86. The quantitative estimate of drug-likeness (QED) is 0.789. The predicted octanol–water partition coefficient (Wildman–Crippen LogP) is 4.40. The van der Waals surface area contributed by atoms with Crippen LogP contribution < -0.4 is 10.1 Å². The van der Waals surface area contributed by atoms with Gasteiger partial charge in [-0.3, -0.25) is 9.78 Å². The normalized spacial score (nSPS) is 10.7. The van der Waals surface area contributed by atoms with Crippen molar-refractivity contribution in [3.05, 3.63) is 57.8 Å². The van der Waals surface area contributed by atoms with Crippen LogP contribution in [0.1, 0.15) is 29.9 Å². The monoisotopic (exact) mass is 366 g/mol. The number of rotatable bonds is 7. The molecule has 1 amide bonds. The molecule has 0 bridgehead atoms. The number of carbonyl (C=O) groups is 1. The van der Waals surface area contributed by atoms with Gasteiger partial charge in [0.1, 0.15) is 11.4 Å². The first-order valence-corrected chi connectivity index (χ1v) is 8.51. The third-order valence-electron chi connectivity index (χ3n) is 3.22. The van der Waals surface area contributed by atoms with E-state index in [1.807, 2.05) is 19.9 Å². The number of nitrogens with zero attached hydrogens (tertiary/aromatic N) is 1. The Morgan fingerprint density at radius 2 is 1.92 bits per heavy atom. The van der Waals surface area contributed by atoms with E-state index >= 15 is 0 Å². The summed E-state index contributed by atoms with van der Waals surface area (Å²) in [6.07, 6.45) is 2.36. The van der Waals surface area contributed by atoms with Crippen molar-refractivity contribution in [3.8, 4) is 5.75 Å². The lowest BCUT2D eigenvalue weighted by atomic mass is 10.2. The first kappa shape index (κ1) is 18.6. The number of hydrogen-bond acceptors (Lipinski definition) is 3. The zero-order chi connectivity index (χ0) is 17.5. The number of hydrogen-bond donors (Lipinski definition) is 1. The van der Waals surface area contributed by atoms with Crippen LogP contribution in [0.4, 0.5) is 0 Å². The smallest absolute Gasteiger partial charge is 0.269 e. The van der Waals surface area contributed by atoms with Crippen molar-refractivity contribution >= 4 is 29.1 Å². The lowest BCUT2D eigenvalue weighted by Gasteiger charge is -2.09. The van der Waals surface area contributed by atoms with Crippen molar-refractivity contribution in [3.63, 3.8) is 0 Å². The van der Waals surface area contributed by atoms with E-state index in [2.05, 4.69) is 10.3 Å². The molecule has 1 aromatic carbocycles. The number of pyridine rings is 1. The van der Waals surface area contributed by atoms with E-state index in [-0.39, 0.29) is 5.91 Å². The first-order valence-electron chi connectivity index (χ1n) is 7.76. The summed E-state index contributed by atoms with van der Waals surface area (Å²) in [5, 5.41) is 3.92. The molecule has 0 aliphatic carbocycles. The maximum atomic E-state index is 11.9. The lowest BCUT2D eigenvalue weighted by molar-refractivity contribution is 0.0944. The molecular formula is C18H20Cl2N2O2. The van der Waals surface area contributed by atoms with Crippen molar-refractivity contribution in [2.75, 3.05) is 13.2 Å². The van der Waals surface area contributed by atoms with Gasteiger partial charge in [-0.2, -0.15) is 0 Å². The number of benzene rings is 1. The van der Waals surface area contributed by atoms with Gasteiger partial charge in [0.25, 0.3) is 5.91 Å². The van der Waals surface area contributed by atoms with Gasteiger partial charge in [-0.1, -0.05) is 43.1 Å². The molecule has 2 aromatic rings. The molecule has 0 unspecified atom stereocenters. The standard InChI is InChI=1S/C18H20Cl2N2O2/c1-12(2)10-22-18(23)17-4-3-13(11-21-17)5-6-24-16-8-14(19)7-15(20)9-16/h3-4,7-9,11-12H,5-6,10H2,1-2H3,(H,22,23). The SMILES string of the molecule is CC(C)CNC(=O)c1ccc(CCOc2cc(Cl)cc(Cl)c2)cn1. The molecule has 1 heterocycles. The molecule has 0 radical (unpaired) electrons. The van der Waals surface area contributed by atoms with Crippen LogP contribution >= 0.6 is 23.2 Å². The molecule has 0 spiro atoms. The molecule has 128 valence electrons. The molecule has 0 saturated carbocycles. The fraction of sp³-hybridized carbons (Fsp3) is 0.333. The van der Waals surface area contributed by atoms with Crippen LogP contribution in [0.2, 0.25) is 10.0 Å². The van der Waals surface area contributed by atoms with Gasteiger partial charge in [0, 0.05) is 29.2 Å². The number of aromatic nitrogens is 1. The van der Waals surface area contributed by atoms with Crippen LogP contribution in [-0.4, -0.2) is 24.0 Å². The van der Waals surface area contributed by atoms with Crippen LogP contribution in [0, 0.1) is 5.92 Å². The summed E-state index contributed by atoms with van der Waals surface area (Å²) in [4.78, 5) is 16.1. The Morgan fingerprint density at radius 1 is 1.21 bits per heavy atom. The number of ether oxygens (including phenoxy) is 1. The van der Waals surface area contributed by atoms with Crippen LogP contribution in [0.15, 0.2) is 36.5 Å². The maximum Gasteiger partial charge on any atom is 0.269 e. The first-order chi connectivity index (χ1) is 11.4. The highest BCUT2D eigenvalue weighted by Crippen LogP contribution is 2.24. The summed E-state index contributed by atoms with van der Waals surface area (Å²) in [5.74, 6) is 0.885. The average Bonchev–Trinajstić information content (AvgIpc) is 2.52. The van der Waals surface area contributed by atoms with Gasteiger partial charge in [0.15, 0.2) is 0 Å². The lowest BCUT2D eigenvalue weighted by Crippen LogP contribution is -2.28. The Kier molecular flexibility index (Phi) is 6.88. The van der Waals surface area contributed by atoms with Crippen LogP contribution in [0.3, 0.4) is 0 Å². The molecule has 24 heavy (non-hydrogen) atoms. The molecule has 6 heteroatoms. The summed E-state index contributed by atoms with van der Waals surface area (Å²) < 4.78 is 5.64. The van der Waals surface area contributed by atoms with Gasteiger partial charge in [-0.05, 0) is 35.7 Å². The highest BCUT2D eigenvalue weighted by Gasteiger charge is 2.07. The molecule has 0 fully saturated rings. The van der Waals surface area contributed by atoms with Crippen molar-refractivity contribution in [2.24, 2.45) is 5.92 Å². The second kappa shape index (κ2) is 8.90. The van der Waals surface area contributed by atoms with Crippen molar-refractivity contribution < 1.29 is 9.53 Å². The van der Waals surface area contributed by atoms with Crippen molar-refractivity contribution in [1.82, 2.24) is 10.3 Å². The van der Waals surface area contributed by atoms with E-state index in [4.69, 9.17) is 27.9 Å². The predicted molar refractivity (Wildman–Crippen MR) is 97.1 cm³/mol. The minimum atomic E-state index is -0.153. The van der Waals surface area contributed by atoms with E-state index < -0.39 is 0 Å². The molecule has 0 aliphatic heterocycles. The molecule has 1 N–H and O–H groups in total. The van der Waals surface area contributed by atoms with Gasteiger partial charge < -0.3 is 10.1 Å². The van der Waals surface area contributed by atoms with E-state index in [0.717, 1.165) is 5.56 Å². The Morgan fingerprint density at radius 3 is 2.50 bits per heavy atom. The minimum Gasteiger partial charge on any atom is -0.493 e. The fourth-order valence-corrected chi connectivity index (χ4v) is 2.50. The van der Waals surface area contributed by atoms with Crippen LogP contribution in [0.25, 0.3) is 0 Å². The third-order valence-corrected chi connectivity index (χ3v) is 3.66. The Hall–Kier alpha value is -1.78. The summed E-state index contributed by atoms with van der Waals surface area (Å²) in [5.41, 5.74) is 1.41. The van der Waals surface area contributed by atoms with E-state index in [1.165, 1.54) is 0 Å². The highest BCUT2D eigenvalue weighted by atomic mass is 35.5. The second-order valence-corrected chi connectivity index (χ2v) is 6.73. The molecule has 0 aliphatic rings. The van der Waals surface area contributed by atoms with E-state index in [0.29, 0.717) is 47.0 Å². The maximum absolute atomic E-state index is 11.9. The minimum absolute atomic E-state index is 0.153. The Balaban J connectivity index is 1.84. The summed E-state index contributed by atoms with van der Waals surface area (Å²) in [6, 6.07) is 8.69. The highest BCUT2D eigenvalue weighted by molar-refractivity contribution is 6.34. The zero-order valence-corrected chi connectivity index (χ0v) is 15.2. The summed E-state index contributed by atoms with van der Waals surface area (Å²) in [7, 11) is 0. The average molecular weight is 367 g/mol. The molecule has 1 aromatic heterocycles. The van der Waals surface area contributed by atoms with E-state index in [1.54, 1.807) is 30.5 Å². The van der Waals surface area contributed by atoms with Crippen LogP contribution in [-0.2, 0) is 6.42 Å². The van der Waals surface area contributed by atoms with Gasteiger partial charge in [0.2, 0.25) is 0 Å². The largest absolute Gasteiger partial charge is 0.493 e. The molecule has 4 nitrogen and oxygen atoms in total. The van der Waals surface area contributed by atoms with E-state index in [9.17, 15) is 4.79 Å². The molecular weight excluding hydrogens is 347 g/mol. The zero-order valence-electron chi connectivity index (χ0n) is 13.7. The summed E-state index contributed by atoms with van der Waals surface area (Å²) >= 11 is 11.9.